The summed E-state index contributed by atoms with van der Waals surface area (Å²) < 4.78 is 14.1. The monoisotopic (exact) mass is 327 g/mol. The molecule has 1 atom stereocenters. The minimum Gasteiger partial charge on any atom is -0.367 e. The normalized spacial score (nSPS) is 17.6. The molecule has 0 unspecified atom stereocenters. The highest BCUT2D eigenvalue weighted by Crippen LogP contribution is 2.24. The predicted octanol–water partition coefficient (Wildman–Crippen LogP) is 2.86. The minimum absolute atomic E-state index is 0.0143. The first kappa shape index (κ1) is 16.4. The number of carbonyl (C=O) groups is 1. The summed E-state index contributed by atoms with van der Waals surface area (Å²) in [4.78, 5) is 18.3. The van der Waals surface area contributed by atoms with Gasteiger partial charge in [-0.05, 0) is 49.1 Å². The van der Waals surface area contributed by atoms with Gasteiger partial charge in [-0.1, -0.05) is 12.1 Å². The third-order valence-corrected chi connectivity index (χ3v) is 4.32. The zero-order valence-electron chi connectivity index (χ0n) is 13.8. The number of aryl methyl sites for hydroxylation is 1. The number of pyridine rings is 1. The number of benzene rings is 1. The maximum absolute atomic E-state index is 14.1. The first-order valence-corrected chi connectivity index (χ1v) is 8.31. The van der Waals surface area contributed by atoms with Crippen LogP contribution in [0.5, 0.6) is 0 Å². The molecule has 5 heteroatoms. The van der Waals surface area contributed by atoms with Crippen LogP contribution in [0.25, 0.3) is 0 Å². The van der Waals surface area contributed by atoms with Crippen LogP contribution >= 0.6 is 0 Å². The van der Waals surface area contributed by atoms with Crippen molar-refractivity contribution in [3.05, 3.63) is 59.7 Å². The summed E-state index contributed by atoms with van der Waals surface area (Å²) in [5, 5.41) is 3.07. The summed E-state index contributed by atoms with van der Waals surface area (Å²) in [6, 6.07) is 8.91. The quantitative estimate of drug-likeness (QED) is 0.939. The van der Waals surface area contributed by atoms with Gasteiger partial charge < -0.3 is 10.2 Å². The van der Waals surface area contributed by atoms with Gasteiger partial charge in [0, 0.05) is 31.5 Å². The zero-order chi connectivity index (χ0) is 16.9. The summed E-state index contributed by atoms with van der Waals surface area (Å²) in [5.74, 6) is -0.220. The highest BCUT2D eigenvalue weighted by molar-refractivity contribution is 5.78. The van der Waals surface area contributed by atoms with E-state index in [4.69, 9.17) is 0 Å². The molecular weight excluding hydrogens is 305 g/mol. The van der Waals surface area contributed by atoms with E-state index in [0.717, 1.165) is 30.5 Å². The molecule has 1 saturated heterocycles. The van der Waals surface area contributed by atoms with E-state index >= 15 is 0 Å². The second kappa shape index (κ2) is 7.43. The molecule has 4 nitrogen and oxygen atoms in total. The molecule has 1 aliphatic rings. The van der Waals surface area contributed by atoms with Crippen molar-refractivity contribution in [2.24, 2.45) is 0 Å². The topological polar surface area (TPSA) is 45.2 Å². The predicted molar refractivity (Wildman–Crippen MR) is 92.5 cm³/mol. The van der Waals surface area contributed by atoms with Gasteiger partial charge in [0.05, 0.1) is 12.1 Å². The third-order valence-electron chi connectivity index (χ3n) is 4.32. The molecule has 0 aliphatic carbocycles. The first-order valence-electron chi connectivity index (χ1n) is 8.31. The van der Waals surface area contributed by atoms with E-state index in [1.54, 1.807) is 18.5 Å². The summed E-state index contributed by atoms with van der Waals surface area (Å²) in [6.07, 6.45) is 5.57. The van der Waals surface area contributed by atoms with Crippen LogP contribution in [0.4, 0.5) is 10.1 Å². The van der Waals surface area contributed by atoms with Crippen LogP contribution in [-0.4, -0.2) is 30.0 Å². The largest absolute Gasteiger partial charge is 0.367 e. The van der Waals surface area contributed by atoms with Crippen molar-refractivity contribution in [2.45, 2.75) is 32.2 Å². The van der Waals surface area contributed by atoms with E-state index in [1.165, 1.54) is 6.07 Å². The summed E-state index contributed by atoms with van der Waals surface area (Å²) >= 11 is 0. The van der Waals surface area contributed by atoms with Gasteiger partial charge in [0.25, 0.3) is 0 Å². The van der Waals surface area contributed by atoms with Crippen LogP contribution in [-0.2, 0) is 11.2 Å². The van der Waals surface area contributed by atoms with Gasteiger partial charge >= 0.3 is 0 Å². The lowest BCUT2D eigenvalue weighted by atomic mass is 10.0. The maximum atomic E-state index is 14.1. The Bertz CT molecular complexity index is 705. The van der Waals surface area contributed by atoms with Crippen LogP contribution in [0.3, 0.4) is 0 Å². The van der Waals surface area contributed by atoms with Gasteiger partial charge in [0.15, 0.2) is 0 Å². The molecule has 1 aliphatic heterocycles. The zero-order valence-corrected chi connectivity index (χ0v) is 13.8. The highest BCUT2D eigenvalue weighted by atomic mass is 19.1. The van der Waals surface area contributed by atoms with Crippen LogP contribution in [0, 0.1) is 12.7 Å². The summed E-state index contributed by atoms with van der Waals surface area (Å²) in [6.45, 7) is 3.41. The number of aromatic nitrogens is 1. The molecular formula is C19H22FN3O. The first-order chi connectivity index (χ1) is 11.6. The molecule has 0 spiro atoms. The minimum atomic E-state index is -0.206. The smallest absolute Gasteiger partial charge is 0.224 e. The molecule has 1 aromatic heterocycles. The lowest BCUT2D eigenvalue weighted by Crippen LogP contribution is -2.48. The number of hydrogen-bond donors (Lipinski definition) is 1. The summed E-state index contributed by atoms with van der Waals surface area (Å²) in [7, 11) is 0. The fourth-order valence-corrected chi connectivity index (χ4v) is 3.15. The van der Waals surface area contributed by atoms with E-state index in [9.17, 15) is 9.18 Å². The Labute approximate surface area is 141 Å². The molecule has 1 fully saturated rings. The van der Waals surface area contributed by atoms with Crippen LogP contribution in [0.15, 0.2) is 42.7 Å². The molecule has 1 N–H and O–H groups in total. The average Bonchev–Trinajstić information content (AvgIpc) is 2.58. The van der Waals surface area contributed by atoms with Crippen LogP contribution < -0.4 is 10.2 Å². The number of amides is 1. The van der Waals surface area contributed by atoms with Gasteiger partial charge in [0.2, 0.25) is 5.91 Å². The Kier molecular flexibility index (Phi) is 5.08. The average molecular weight is 327 g/mol. The number of halogens is 1. The van der Waals surface area contributed by atoms with Gasteiger partial charge in [0.1, 0.15) is 5.82 Å². The van der Waals surface area contributed by atoms with Crippen molar-refractivity contribution in [3.8, 4) is 0 Å². The second-order valence-corrected chi connectivity index (χ2v) is 6.35. The van der Waals surface area contributed by atoms with E-state index < -0.39 is 0 Å². The second-order valence-electron chi connectivity index (χ2n) is 6.35. The number of piperidine rings is 1. The lowest BCUT2D eigenvalue weighted by Gasteiger charge is -2.35. The Balaban J connectivity index is 1.61. The van der Waals surface area contributed by atoms with Gasteiger partial charge in [-0.3, -0.25) is 9.78 Å². The molecule has 0 radical (unpaired) electrons. The number of rotatable bonds is 4. The Morgan fingerprint density at radius 3 is 3.08 bits per heavy atom. The number of hydrogen-bond acceptors (Lipinski definition) is 3. The van der Waals surface area contributed by atoms with Gasteiger partial charge in [-0.2, -0.15) is 0 Å². The number of nitrogens with zero attached hydrogens (tertiary/aromatic N) is 2. The van der Waals surface area contributed by atoms with E-state index in [-0.39, 0.29) is 17.8 Å². The maximum Gasteiger partial charge on any atom is 0.224 e. The molecule has 24 heavy (non-hydrogen) atoms. The molecule has 0 bridgehead atoms. The van der Waals surface area contributed by atoms with Gasteiger partial charge in [-0.15, -0.1) is 0 Å². The van der Waals surface area contributed by atoms with Crippen molar-refractivity contribution in [1.29, 1.82) is 0 Å². The van der Waals surface area contributed by atoms with Crippen LogP contribution in [0.2, 0.25) is 0 Å². The van der Waals surface area contributed by atoms with Crippen molar-refractivity contribution >= 4 is 11.6 Å². The van der Waals surface area contributed by atoms with Crippen molar-refractivity contribution < 1.29 is 9.18 Å². The molecule has 3 rings (SSSR count). The van der Waals surface area contributed by atoms with Crippen molar-refractivity contribution in [3.63, 3.8) is 0 Å². The van der Waals surface area contributed by atoms with E-state index in [2.05, 4.69) is 10.3 Å². The molecule has 2 aromatic rings. The molecule has 1 amide bonds. The Morgan fingerprint density at radius 1 is 1.42 bits per heavy atom. The van der Waals surface area contributed by atoms with Crippen molar-refractivity contribution in [2.75, 3.05) is 18.0 Å². The Hall–Kier alpha value is -2.43. The molecule has 1 aromatic carbocycles. The van der Waals surface area contributed by atoms with Crippen LogP contribution in [0.1, 0.15) is 24.0 Å². The van der Waals surface area contributed by atoms with Crippen molar-refractivity contribution in [1.82, 2.24) is 10.3 Å². The lowest BCUT2D eigenvalue weighted by molar-refractivity contribution is -0.121. The molecule has 2 heterocycles. The Morgan fingerprint density at radius 2 is 2.29 bits per heavy atom. The number of anilines is 1. The van der Waals surface area contributed by atoms with E-state index in [0.29, 0.717) is 18.7 Å². The fraction of sp³-hybridized carbons (Fsp3) is 0.368. The standard InChI is InChI=1S/C19H22FN3O/c1-14-6-7-17(20)18(10-14)23-9-3-5-16(13-23)22-19(24)11-15-4-2-8-21-12-15/h2,4,6-8,10,12,16H,3,5,9,11,13H2,1H3,(H,22,24)/t16-/m0/s1. The van der Waals surface area contributed by atoms with E-state index in [1.807, 2.05) is 30.0 Å². The fourth-order valence-electron chi connectivity index (χ4n) is 3.15. The SMILES string of the molecule is Cc1ccc(F)c(N2CCC[C@H](NC(=O)Cc3cccnc3)C2)c1. The molecule has 0 saturated carbocycles. The van der Waals surface area contributed by atoms with Gasteiger partial charge in [-0.25, -0.2) is 4.39 Å². The third kappa shape index (κ3) is 4.10. The number of nitrogens with one attached hydrogen (secondary N) is 1. The molecule has 126 valence electrons. The highest BCUT2D eigenvalue weighted by Gasteiger charge is 2.23. The number of carbonyl (C=O) groups excluding carboxylic acids is 1. The summed E-state index contributed by atoms with van der Waals surface area (Å²) in [5.41, 5.74) is 2.56.